The molecule has 0 radical (unpaired) electrons. The summed E-state index contributed by atoms with van der Waals surface area (Å²) in [5, 5.41) is 11.9. The molecule has 0 bridgehead atoms. The van der Waals surface area contributed by atoms with Gasteiger partial charge in [0, 0.05) is 29.8 Å². The molecule has 31 heavy (non-hydrogen) atoms. The molecule has 2 amide bonds. The van der Waals surface area contributed by atoms with Crippen molar-refractivity contribution in [2.24, 2.45) is 0 Å². The van der Waals surface area contributed by atoms with Crippen molar-refractivity contribution in [1.82, 2.24) is 15.2 Å². The third-order valence-corrected chi connectivity index (χ3v) is 4.37. The normalized spacial score (nSPS) is 10.5. The third-order valence-electron chi connectivity index (χ3n) is 4.37. The van der Waals surface area contributed by atoms with Crippen molar-refractivity contribution in [2.45, 2.75) is 0 Å². The van der Waals surface area contributed by atoms with E-state index < -0.39 is 11.8 Å². The van der Waals surface area contributed by atoms with Gasteiger partial charge >= 0.3 is 6.03 Å². The zero-order valence-electron chi connectivity index (χ0n) is 16.6. The average molecular weight is 423 g/mol. The minimum atomic E-state index is -0.658. The van der Waals surface area contributed by atoms with Gasteiger partial charge in [0.1, 0.15) is 23.1 Å². The number of rotatable bonds is 6. The van der Waals surface area contributed by atoms with Crippen molar-refractivity contribution >= 4 is 28.4 Å². The first-order valence-electron chi connectivity index (χ1n) is 9.13. The zero-order valence-corrected chi connectivity index (χ0v) is 16.6. The molecule has 4 rings (SSSR count). The lowest BCUT2D eigenvalue weighted by Gasteiger charge is -2.13. The molecule has 158 valence electrons. The number of nitrogens with zero attached hydrogens (tertiary/aromatic N) is 2. The smallest absolute Gasteiger partial charge is 0.324 e. The predicted octanol–water partition coefficient (Wildman–Crippen LogP) is 4.55. The first kappa shape index (κ1) is 20.0. The van der Waals surface area contributed by atoms with Crippen molar-refractivity contribution in [3.05, 3.63) is 60.7 Å². The molecule has 0 aliphatic rings. The Labute approximate surface area is 176 Å². The second-order valence-corrected chi connectivity index (χ2v) is 6.33. The van der Waals surface area contributed by atoms with Gasteiger partial charge in [-0.15, -0.1) is 0 Å². The molecular formula is C21H18FN5O4. The number of nitrogens with one attached hydrogen (secondary N) is 3. The van der Waals surface area contributed by atoms with E-state index in [0.717, 1.165) is 0 Å². The Morgan fingerprint density at radius 2 is 1.77 bits per heavy atom. The summed E-state index contributed by atoms with van der Waals surface area (Å²) in [5.74, 6) is 1.49. The Balaban J connectivity index is 1.55. The molecule has 4 aromatic rings. The second kappa shape index (κ2) is 8.57. The quantitative estimate of drug-likeness (QED) is 0.420. The molecule has 0 saturated carbocycles. The molecule has 9 nitrogen and oxygen atoms in total. The van der Waals surface area contributed by atoms with Crippen LogP contribution in [-0.2, 0) is 0 Å². The van der Waals surface area contributed by atoms with Gasteiger partial charge in [0.05, 0.1) is 31.6 Å². The first-order chi connectivity index (χ1) is 15.1. The summed E-state index contributed by atoms with van der Waals surface area (Å²) in [6.45, 7) is 0. The molecule has 10 heteroatoms. The van der Waals surface area contributed by atoms with Crippen LogP contribution < -0.4 is 24.8 Å². The van der Waals surface area contributed by atoms with Crippen molar-refractivity contribution in [1.29, 1.82) is 0 Å². The van der Waals surface area contributed by atoms with E-state index in [1.807, 2.05) is 0 Å². The van der Waals surface area contributed by atoms with Gasteiger partial charge < -0.3 is 19.5 Å². The van der Waals surface area contributed by atoms with E-state index in [1.54, 1.807) is 36.5 Å². The number of halogens is 1. The Morgan fingerprint density at radius 3 is 2.48 bits per heavy atom. The van der Waals surface area contributed by atoms with Gasteiger partial charge in [0.15, 0.2) is 11.5 Å². The lowest BCUT2D eigenvalue weighted by Crippen LogP contribution is -2.20. The highest BCUT2D eigenvalue weighted by molar-refractivity contribution is 5.99. The molecule has 0 aliphatic carbocycles. The summed E-state index contributed by atoms with van der Waals surface area (Å²) >= 11 is 0. The number of urea groups is 1. The van der Waals surface area contributed by atoms with Crippen LogP contribution in [0.4, 0.5) is 20.7 Å². The average Bonchev–Trinajstić information content (AvgIpc) is 3.27. The monoisotopic (exact) mass is 423 g/mol. The van der Waals surface area contributed by atoms with E-state index in [9.17, 15) is 9.18 Å². The van der Waals surface area contributed by atoms with E-state index in [4.69, 9.17) is 14.2 Å². The first-order valence-corrected chi connectivity index (χ1v) is 9.13. The Morgan fingerprint density at radius 1 is 0.968 bits per heavy atom. The molecular weight excluding hydrogens is 405 g/mol. The number of hydrogen-bond acceptors (Lipinski definition) is 6. The Hall–Kier alpha value is -4.34. The maximum absolute atomic E-state index is 14.5. The largest absolute Gasteiger partial charge is 0.493 e. The van der Waals surface area contributed by atoms with Crippen molar-refractivity contribution in [3.8, 4) is 23.0 Å². The van der Waals surface area contributed by atoms with Crippen LogP contribution in [-0.4, -0.2) is 35.4 Å². The van der Waals surface area contributed by atoms with Crippen LogP contribution in [0.1, 0.15) is 0 Å². The third kappa shape index (κ3) is 4.32. The predicted molar refractivity (Wildman–Crippen MR) is 113 cm³/mol. The highest BCUT2D eigenvalue weighted by Gasteiger charge is 2.13. The fraction of sp³-hybridized carbons (Fsp3) is 0.0952. The minimum Gasteiger partial charge on any atom is -0.493 e. The molecule has 0 spiro atoms. The number of benzene rings is 2. The van der Waals surface area contributed by atoms with Crippen LogP contribution in [0.25, 0.3) is 10.9 Å². The number of anilines is 2. The second-order valence-electron chi connectivity index (χ2n) is 6.33. The number of aromatic nitrogens is 3. The summed E-state index contributed by atoms with van der Waals surface area (Å²) in [6.07, 6.45) is 3.06. The van der Waals surface area contributed by atoms with Gasteiger partial charge in [-0.1, -0.05) is 0 Å². The summed E-state index contributed by atoms with van der Waals surface area (Å²) in [7, 11) is 3.07. The number of fused-ring (bicyclic) bond motifs is 1. The maximum Gasteiger partial charge on any atom is 0.324 e. The molecule has 0 unspecified atom stereocenters. The molecule has 2 aromatic carbocycles. The maximum atomic E-state index is 14.5. The van der Waals surface area contributed by atoms with E-state index in [1.165, 1.54) is 32.5 Å². The van der Waals surface area contributed by atoms with E-state index in [-0.39, 0.29) is 11.4 Å². The van der Waals surface area contributed by atoms with Crippen LogP contribution in [0.5, 0.6) is 23.0 Å². The minimum absolute atomic E-state index is 0.00430. The number of carbonyl (C=O) groups excluding carboxylic acids is 1. The number of aromatic amines is 1. The van der Waals surface area contributed by atoms with Crippen molar-refractivity contribution in [3.63, 3.8) is 0 Å². The molecule has 0 atom stereocenters. The van der Waals surface area contributed by atoms with Crippen LogP contribution in [0.2, 0.25) is 0 Å². The summed E-state index contributed by atoms with van der Waals surface area (Å²) < 4.78 is 31.0. The lowest BCUT2D eigenvalue weighted by molar-refractivity contribution is 0.262. The summed E-state index contributed by atoms with van der Waals surface area (Å²) in [6, 6.07) is 10.2. The standard InChI is InChI=1S/C21H18FN5O4/c1-29-18-10-13-16(11-19(18)30-2)23-7-5-17(13)31-12-3-4-15(14(22)9-12)25-21(28)26-20-6-8-24-27-20/h3-11H,1-2H3,(H3,24,25,26,27,28). The molecule has 2 heterocycles. The number of amides is 2. The fourth-order valence-electron chi connectivity index (χ4n) is 2.93. The number of pyridine rings is 1. The highest BCUT2D eigenvalue weighted by Crippen LogP contribution is 2.37. The van der Waals surface area contributed by atoms with E-state index in [0.29, 0.717) is 34.0 Å². The van der Waals surface area contributed by atoms with E-state index in [2.05, 4.69) is 25.8 Å². The van der Waals surface area contributed by atoms with Gasteiger partial charge in [-0.05, 0) is 24.3 Å². The number of carbonyl (C=O) groups is 1. The van der Waals surface area contributed by atoms with Crippen LogP contribution >= 0.6 is 0 Å². The molecule has 2 aromatic heterocycles. The van der Waals surface area contributed by atoms with E-state index >= 15 is 0 Å². The van der Waals surface area contributed by atoms with Crippen LogP contribution in [0, 0.1) is 5.82 Å². The summed E-state index contributed by atoms with van der Waals surface area (Å²) in [5.41, 5.74) is 0.625. The number of hydrogen-bond donors (Lipinski definition) is 3. The van der Waals surface area contributed by atoms with Crippen molar-refractivity contribution in [2.75, 3.05) is 24.9 Å². The number of ether oxygens (including phenoxy) is 3. The van der Waals surface area contributed by atoms with Gasteiger partial charge in [-0.2, -0.15) is 5.10 Å². The molecule has 3 N–H and O–H groups in total. The number of H-pyrrole nitrogens is 1. The van der Waals surface area contributed by atoms with Gasteiger partial charge in [-0.25, -0.2) is 9.18 Å². The molecule has 0 aliphatic heterocycles. The molecule has 0 saturated heterocycles. The summed E-state index contributed by atoms with van der Waals surface area (Å²) in [4.78, 5) is 16.3. The Kier molecular flexibility index (Phi) is 5.52. The topological polar surface area (TPSA) is 110 Å². The zero-order chi connectivity index (χ0) is 21.8. The van der Waals surface area contributed by atoms with Crippen LogP contribution in [0.15, 0.2) is 54.9 Å². The number of methoxy groups -OCH3 is 2. The van der Waals surface area contributed by atoms with Gasteiger partial charge in [0.2, 0.25) is 0 Å². The van der Waals surface area contributed by atoms with Crippen molar-refractivity contribution < 1.29 is 23.4 Å². The fourth-order valence-corrected chi connectivity index (χ4v) is 2.93. The van der Waals surface area contributed by atoms with Crippen LogP contribution in [0.3, 0.4) is 0 Å². The van der Waals surface area contributed by atoms with Gasteiger partial charge in [-0.3, -0.25) is 15.4 Å². The highest BCUT2D eigenvalue weighted by atomic mass is 19.1. The van der Waals surface area contributed by atoms with Gasteiger partial charge in [0.25, 0.3) is 0 Å². The molecule has 0 fully saturated rings. The lowest BCUT2D eigenvalue weighted by atomic mass is 10.2. The Bertz CT molecular complexity index is 1230. The SMILES string of the molecule is COc1cc2nccc(Oc3ccc(NC(=O)Nc4ccn[nH]4)c(F)c3)c2cc1OC.